The zero-order chi connectivity index (χ0) is 14.7. The van der Waals surface area contributed by atoms with E-state index >= 15 is 0 Å². The van der Waals surface area contributed by atoms with Gasteiger partial charge in [0.05, 0.1) is 5.69 Å². The molecule has 0 spiro atoms. The molecule has 0 aliphatic carbocycles. The average Bonchev–Trinajstić information content (AvgIpc) is 3.03. The van der Waals surface area contributed by atoms with E-state index in [1.165, 1.54) is 0 Å². The van der Waals surface area contributed by atoms with Gasteiger partial charge in [-0.3, -0.25) is 5.10 Å². The van der Waals surface area contributed by atoms with Gasteiger partial charge in [0, 0.05) is 28.5 Å². The van der Waals surface area contributed by atoms with E-state index in [2.05, 4.69) is 15.5 Å². The van der Waals surface area contributed by atoms with Crippen molar-refractivity contribution in [3.8, 4) is 11.3 Å². The molecule has 21 heavy (non-hydrogen) atoms. The standard InChI is InChI=1S/C16H13Cl2N3/c17-13-3-6-15(18)12(9-13)10-19-14-4-1-11(2-5-14)16-7-8-20-21-16/h1-9,19H,10H2,(H,20,21). The molecule has 3 aromatic rings. The number of anilines is 1. The van der Waals surface area contributed by atoms with Gasteiger partial charge in [0.1, 0.15) is 0 Å². The van der Waals surface area contributed by atoms with Crippen molar-refractivity contribution >= 4 is 28.9 Å². The topological polar surface area (TPSA) is 40.7 Å². The van der Waals surface area contributed by atoms with Gasteiger partial charge >= 0.3 is 0 Å². The van der Waals surface area contributed by atoms with Crippen molar-refractivity contribution in [3.63, 3.8) is 0 Å². The van der Waals surface area contributed by atoms with E-state index in [9.17, 15) is 0 Å². The summed E-state index contributed by atoms with van der Waals surface area (Å²) < 4.78 is 0. The molecule has 0 fully saturated rings. The number of nitrogens with zero attached hydrogens (tertiary/aromatic N) is 1. The number of hydrogen-bond acceptors (Lipinski definition) is 2. The first kappa shape index (κ1) is 14.0. The molecule has 0 aliphatic heterocycles. The summed E-state index contributed by atoms with van der Waals surface area (Å²) in [5.41, 5.74) is 4.09. The molecule has 1 aromatic heterocycles. The summed E-state index contributed by atoms with van der Waals surface area (Å²) in [6.07, 6.45) is 1.74. The number of nitrogens with one attached hydrogen (secondary N) is 2. The third-order valence-corrected chi connectivity index (χ3v) is 3.79. The van der Waals surface area contributed by atoms with Crippen LogP contribution >= 0.6 is 23.2 Å². The number of benzene rings is 2. The Kier molecular flexibility index (Phi) is 4.13. The van der Waals surface area contributed by atoms with Crippen LogP contribution in [0.15, 0.2) is 54.7 Å². The van der Waals surface area contributed by atoms with Gasteiger partial charge in [0.25, 0.3) is 0 Å². The maximum atomic E-state index is 6.15. The fourth-order valence-corrected chi connectivity index (χ4v) is 2.44. The maximum Gasteiger partial charge on any atom is 0.0650 e. The fourth-order valence-electron chi connectivity index (χ4n) is 2.06. The molecule has 0 aliphatic rings. The second kappa shape index (κ2) is 6.20. The van der Waals surface area contributed by atoms with Crippen LogP contribution < -0.4 is 5.32 Å². The molecule has 1 heterocycles. The van der Waals surface area contributed by atoms with Gasteiger partial charge in [0.2, 0.25) is 0 Å². The minimum Gasteiger partial charge on any atom is -0.381 e. The van der Waals surface area contributed by atoms with Crippen LogP contribution in [0.3, 0.4) is 0 Å². The summed E-state index contributed by atoms with van der Waals surface area (Å²) >= 11 is 12.1. The molecule has 2 aromatic carbocycles. The Balaban J connectivity index is 1.70. The Hall–Kier alpha value is -1.97. The highest BCUT2D eigenvalue weighted by atomic mass is 35.5. The lowest BCUT2D eigenvalue weighted by molar-refractivity contribution is 1.09. The maximum absolute atomic E-state index is 6.15. The number of rotatable bonds is 4. The molecule has 0 bridgehead atoms. The van der Waals surface area contributed by atoms with Crippen molar-refractivity contribution in [1.82, 2.24) is 10.2 Å². The van der Waals surface area contributed by atoms with E-state index in [1.807, 2.05) is 42.5 Å². The summed E-state index contributed by atoms with van der Waals surface area (Å²) in [7, 11) is 0. The van der Waals surface area contributed by atoms with E-state index in [-0.39, 0.29) is 0 Å². The van der Waals surface area contributed by atoms with E-state index in [1.54, 1.807) is 12.3 Å². The van der Waals surface area contributed by atoms with Crippen molar-refractivity contribution in [2.75, 3.05) is 5.32 Å². The highest BCUT2D eigenvalue weighted by Gasteiger charge is 2.02. The Bertz CT molecular complexity index is 722. The molecule has 0 amide bonds. The van der Waals surface area contributed by atoms with Crippen LogP contribution in [0.25, 0.3) is 11.3 Å². The summed E-state index contributed by atoms with van der Waals surface area (Å²) in [6, 6.07) is 15.5. The van der Waals surface area contributed by atoms with Gasteiger partial charge in [-0.15, -0.1) is 0 Å². The predicted octanol–water partition coefficient (Wildman–Crippen LogP) is 5.00. The first-order valence-electron chi connectivity index (χ1n) is 6.50. The minimum atomic E-state index is 0.628. The van der Waals surface area contributed by atoms with E-state index in [4.69, 9.17) is 23.2 Å². The number of halogens is 2. The van der Waals surface area contributed by atoms with Crippen molar-refractivity contribution < 1.29 is 0 Å². The van der Waals surface area contributed by atoms with Gasteiger partial charge in [-0.25, -0.2) is 0 Å². The van der Waals surface area contributed by atoms with Crippen LogP contribution in [0.4, 0.5) is 5.69 Å². The van der Waals surface area contributed by atoms with Gasteiger partial charge in [-0.05, 0) is 47.5 Å². The molecule has 0 atom stereocenters. The number of hydrogen-bond donors (Lipinski definition) is 2. The zero-order valence-electron chi connectivity index (χ0n) is 11.1. The second-order valence-electron chi connectivity index (χ2n) is 4.64. The fraction of sp³-hybridized carbons (Fsp3) is 0.0625. The van der Waals surface area contributed by atoms with Gasteiger partial charge in [-0.1, -0.05) is 35.3 Å². The Morgan fingerprint density at radius 2 is 1.81 bits per heavy atom. The SMILES string of the molecule is Clc1ccc(Cl)c(CNc2ccc(-c3ccn[nH]3)cc2)c1. The van der Waals surface area contributed by atoms with E-state index in [0.29, 0.717) is 16.6 Å². The van der Waals surface area contributed by atoms with Crippen molar-refractivity contribution in [1.29, 1.82) is 0 Å². The van der Waals surface area contributed by atoms with E-state index < -0.39 is 0 Å². The monoisotopic (exact) mass is 317 g/mol. The van der Waals surface area contributed by atoms with E-state index in [0.717, 1.165) is 22.5 Å². The van der Waals surface area contributed by atoms with Crippen LogP contribution in [0.2, 0.25) is 10.0 Å². The normalized spacial score (nSPS) is 10.6. The lowest BCUT2D eigenvalue weighted by Gasteiger charge is -2.09. The summed E-state index contributed by atoms with van der Waals surface area (Å²) in [5.74, 6) is 0. The van der Waals surface area contributed by atoms with Crippen molar-refractivity contribution in [2.24, 2.45) is 0 Å². The summed E-state index contributed by atoms with van der Waals surface area (Å²) in [4.78, 5) is 0. The highest BCUT2D eigenvalue weighted by Crippen LogP contribution is 2.23. The Morgan fingerprint density at radius 1 is 1.00 bits per heavy atom. The first-order chi connectivity index (χ1) is 10.2. The quantitative estimate of drug-likeness (QED) is 0.711. The number of H-pyrrole nitrogens is 1. The molecular weight excluding hydrogens is 305 g/mol. The second-order valence-corrected chi connectivity index (χ2v) is 5.48. The first-order valence-corrected chi connectivity index (χ1v) is 7.25. The third-order valence-electron chi connectivity index (χ3n) is 3.19. The Labute approximate surface area is 132 Å². The molecule has 0 saturated heterocycles. The van der Waals surface area contributed by atoms with Crippen molar-refractivity contribution in [2.45, 2.75) is 6.54 Å². The van der Waals surface area contributed by atoms with Gasteiger partial charge < -0.3 is 5.32 Å². The third kappa shape index (κ3) is 3.38. The number of aromatic nitrogens is 2. The largest absolute Gasteiger partial charge is 0.381 e. The molecule has 0 saturated carbocycles. The Morgan fingerprint density at radius 3 is 2.52 bits per heavy atom. The molecule has 5 heteroatoms. The predicted molar refractivity (Wildman–Crippen MR) is 87.8 cm³/mol. The van der Waals surface area contributed by atoms with Gasteiger partial charge in [0.15, 0.2) is 0 Å². The molecule has 106 valence electrons. The molecule has 2 N–H and O–H groups in total. The summed E-state index contributed by atoms with van der Waals surface area (Å²) in [6.45, 7) is 0.628. The number of aromatic amines is 1. The van der Waals surface area contributed by atoms with Gasteiger partial charge in [-0.2, -0.15) is 5.10 Å². The minimum absolute atomic E-state index is 0.628. The average molecular weight is 318 g/mol. The molecule has 0 unspecified atom stereocenters. The highest BCUT2D eigenvalue weighted by molar-refractivity contribution is 6.33. The summed E-state index contributed by atoms with van der Waals surface area (Å²) in [5, 5.41) is 11.6. The molecule has 0 radical (unpaired) electrons. The lowest BCUT2D eigenvalue weighted by Crippen LogP contribution is -2.00. The van der Waals surface area contributed by atoms with Crippen molar-refractivity contribution in [3.05, 3.63) is 70.3 Å². The smallest absolute Gasteiger partial charge is 0.0650 e. The van der Waals surface area contributed by atoms with Crippen LogP contribution in [-0.2, 0) is 6.54 Å². The molecule has 3 nitrogen and oxygen atoms in total. The van der Waals surface area contributed by atoms with Crippen LogP contribution in [-0.4, -0.2) is 10.2 Å². The lowest BCUT2D eigenvalue weighted by atomic mass is 10.1. The molecule has 3 rings (SSSR count). The van der Waals surface area contributed by atoms with Crippen LogP contribution in [0.1, 0.15) is 5.56 Å². The zero-order valence-corrected chi connectivity index (χ0v) is 12.6. The van der Waals surface area contributed by atoms with Crippen LogP contribution in [0.5, 0.6) is 0 Å². The van der Waals surface area contributed by atoms with Crippen LogP contribution in [0, 0.1) is 0 Å². The molecular formula is C16H13Cl2N3.